The van der Waals surface area contributed by atoms with Crippen LogP contribution in [0.15, 0.2) is 61.2 Å². The number of ether oxygens (including phenoxy) is 6. The lowest BCUT2D eigenvalue weighted by Gasteiger charge is -2.34. The van der Waals surface area contributed by atoms with E-state index in [2.05, 4.69) is 13.5 Å². The second-order valence-electron chi connectivity index (χ2n) is 9.79. The van der Waals surface area contributed by atoms with E-state index < -0.39 is 5.60 Å². The van der Waals surface area contributed by atoms with Crippen LogP contribution in [0.4, 0.5) is 0 Å². The summed E-state index contributed by atoms with van der Waals surface area (Å²) in [6.07, 6.45) is 12.6. The van der Waals surface area contributed by atoms with Crippen LogP contribution in [0, 0.1) is 0 Å². The standard InChI is InChI=1S/C32H46O6/c1-3-5-6-7-8-9-10-15-20-32(38-21-4-2)26-36-30-18-13-11-16-28(30)34-24-22-33-23-25-35-29-17-12-14-19-31(29)37-27-32/h4,11-14,16-19H,2-3,5-10,15,20-27H2,1H3. The number of benzene rings is 2. The van der Waals surface area contributed by atoms with Gasteiger partial charge in [-0.3, -0.25) is 0 Å². The molecule has 0 spiro atoms. The van der Waals surface area contributed by atoms with Crippen molar-refractivity contribution in [2.45, 2.75) is 70.3 Å². The predicted molar refractivity (Wildman–Crippen MR) is 152 cm³/mol. The molecule has 0 N–H and O–H groups in total. The molecule has 1 aliphatic rings. The fourth-order valence-corrected chi connectivity index (χ4v) is 4.48. The van der Waals surface area contributed by atoms with E-state index in [1.54, 1.807) is 6.08 Å². The number of hydrogen-bond donors (Lipinski definition) is 0. The minimum atomic E-state index is -0.656. The zero-order valence-corrected chi connectivity index (χ0v) is 23.2. The largest absolute Gasteiger partial charge is 0.487 e. The van der Waals surface area contributed by atoms with Gasteiger partial charge < -0.3 is 28.4 Å². The summed E-state index contributed by atoms with van der Waals surface area (Å²) in [5.74, 6) is 2.75. The van der Waals surface area contributed by atoms with E-state index in [0.717, 1.165) is 19.3 Å². The van der Waals surface area contributed by atoms with Crippen molar-refractivity contribution < 1.29 is 28.4 Å². The molecule has 0 aromatic heterocycles. The maximum atomic E-state index is 6.44. The maximum Gasteiger partial charge on any atom is 0.161 e. The summed E-state index contributed by atoms with van der Waals surface area (Å²) < 4.78 is 36.8. The molecule has 0 atom stereocenters. The van der Waals surface area contributed by atoms with Gasteiger partial charge >= 0.3 is 0 Å². The van der Waals surface area contributed by atoms with Gasteiger partial charge in [-0.15, -0.1) is 6.58 Å². The molecule has 2 aromatic carbocycles. The van der Waals surface area contributed by atoms with Gasteiger partial charge in [0.2, 0.25) is 0 Å². The molecule has 3 rings (SSSR count). The van der Waals surface area contributed by atoms with Crippen LogP contribution < -0.4 is 18.9 Å². The Morgan fingerprint density at radius 3 is 1.66 bits per heavy atom. The van der Waals surface area contributed by atoms with Crippen LogP contribution in [0.1, 0.15) is 64.7 Å². The van der Waals surface area contributed by atoms with E-state index in [1.807, 2.05) is 48.5 Å². The van der Waals surface area contributed by atoms with Gasteiger partial charge in [0.15, 0.2) is 23.0 Å². The van der Waals surface area contributed by atoms with Crippen LogP contribution in [0.5, 0.6) is 23.0 Å². The highest BCUT2D eigenvalue weighted by Crippen LogP contribution is 2.32. The molecule has 0 amide bonds. The molecule has 6 heteroatoms. The average Bonchev–Trinajstić information content (AvgIpc) is 2.95. The summed E-state index contributed by atoms with van der Waals surface area (Å²) in [6.45, 7) is 8.98. The Morgan fingerprint density at radius 1 is 0.684 bits per heavy atom. The van der Waals surface area contributed by atoms with E-state index in [0.29, 0.717) is 69.2 Å². The molecule has 210 valence electrons. The normalized spacial score (nSPS) is 16.0. The summed E-state index contributed by atoms with van der Waals surface area (Å²) in [6, 6.07) is 15.5. The molecule has 0 bridgehead atoms. The molecular formula is C32H46O6. The molecule has 0 radical (unpaired) electrons. The van der Waals surface area contributed by atoms with Crippen LogP contribution in [0.3, 0.4) is 0 Å². The van der Waals surface area contributed by atoms with E-state index in [-0.39, 0.29) is 0 Å². The third kappa shape index (κ3) is 10.6. The number of unbranched alkanes of at least 4 members (excludes halogenated alkanes) is 7. The Morgan fingerprint density at radius 2 is 1.16 bits per heavy atom. The Hall–Kier alpha value is -2.70. The fourth-order valence-electron chi connectivity index (χ4n) is 4.48. The van der Waals surface area contributed by atoms with Crippen molar-refractivity contribution in [3.8, 4) is 23.0 Å². The minimum Gasteiger partial charge on any atom is -0.487 e. The highest BCUT2D eigenvalue weighted by Gasteiger charge is 2.34. The molecule has 1 aliphatic heterocycles. The number of para-hydroxylation sites is 4. The predicted octanol–water partition coefficient (Wildman–Crippen LogP) is 7.40. The molecule has 1 heterocycles. The second-order valence-corrected chi connectivity index (χ2v) is 9.79. The molecule has 0 unspecified atom stereocenters. The molecular weight excluding hydrogens is 480 g/mol. The monoisotopic (exact) mass is 526 g/mol. The SMILES string of the molecule is C=CCOC1(CCCCCCCCCC)COc2ccccc2OCCOCCOc2ccccc2OC1. The molecule has 0 saturated heterocycles. The first-order chi connectivity index (χ1) is 18.8. The van der Waals surface area contributed by atoms with Crippen LogP contribution in [-0.4, -0.2) is 51.8 Å². The maximum absolute atomic E-state index is 6.44. The Balaban J connectivity index is 1.76. The fraction of sp³-hybridized carbons (Fsp3) is 0.562. The number of rotatable bonds is 12. The lowest BCUT2D eigenvalue weighted by Crippen LogP contribution is -2.45. The molecule has 6 nitrogen and oxygen atoms in total. The van der Waals surface area contributed by atoms with Gasteiger partial charge in [0.25, 0.3) is 0 Å². The first kappa shape index (κ1) is 29.9. The van der Waals surface area contributed by atoms with Gasteiger partial charge in [0, 0.05) is 0 Å². The zero-order chi connectivity index (χ0) is 26.7. The average molecular weight is 527 g/mol. The van der Waals surface area contributed by atoms with E-state index in [9.17, 15) is 0 Å². The van der Waals surface area contributed by atoms with Crippen LogP contribution >= 0.6 is 0 Å². The van der Waals surface area contributed by atoms with Crippen molar-refractivity contribution in [1.29, 1.82) is 0 Å². The minimum absolute atomic E-state index is 0.331. The van der Waals surface area contributed by atoms with Crippen LogP contribution in [0.2, 0.25) is 0 Å². The lowest BCUT2D eigenvalue weighted by molar-refractivity contribution is -0.0939. The Kier molecular flexibility index (Phi) is 13.9. The summed E-state index contributed by atoms with van der Waals surface area (Å²) in [5.41, 5.74) is -0.656. The van der Waals surface area contributed by atoms with Crippen molar-refractivity contribution >= 4 is 0 Å². The second kappa shape index (κ2) is 17.7. The lowest BCUT2D eigenvalue weighted by atomic mass is 9.96. The van der Waals surface area contributed by atoms with Gasteiger partial charge in [0.05, 0.1) is 19.8 Å². The third-order valence-electron chi connectivity index (χ3n) is 6.64. The summed E-state index contributed by atoms with van der Waals surface area (Å²) in [4.78, 5) is 0. The van der Waals surface area contributed by atoms with E-state index >= 15 is 0 Å². The van der Waals surface area contributed by atoms with E-state index in [4.69, 9.17) is 28.4 Å². The summed E-state index contributed by atoms with van der Waals surface area (Å²) >= 11 is 0. The molecule has 0 aliphatic carbocycles. The van der Waals surface area contributed by atoms with Gasteiger partial charge in [-0.05, 0) is 30.7 Å². The third-order valence-corrected chi connectivity index (χ3v) is 6.64. The summed E-state index contributed by atoms with van der Waals surface area (Å²) in [7, 11) is 0. The molecule has 0 fully saturated rings. The van der Waals surface area contributed by atoms with Gasteiger partial charge in [-0.2, -0.15) is 0 Å². The Bertz CT molecular complexity index is 859. The van der Waals surface area contributed by atoms with Gasteiger partial charge in [-0.25, -0.2) is 0 Å². The van der Waals surface area contributed by atoms with Gasteiger partial charge in [-0.1, -0.05) is 88.6 Å². The first-order valence-corrected chi connectivity index (χ1v) is 14.3. The van der Waals surface area contributed by atoms with Crippen LogP contribution in [0.25, 0.3) is 0 Å². The zero-order valence-electron chi connectivity index (χ0n) is 23.2. The van der Waals surface area contributed by atoms with Crippen molar-refractivity contribution in [3.63, 3.8) is 0 Å². The molecule has 2 aromatic rings. The highest BCUT2D eigenvalue weighted by molar-refractivity contribution is 5.40. The van der Waals surface area contributed by atoms with Crippen molar-refractivity contribution in [3.05, 3.63) is 61.2 Å². The van der Waals surface area contributed by atoms with Crippen LogP contribution in [-0.2, 0) is 9.47 Å². The highest BCUT2D eigenvalue weighted by atomic mass is 16.6. The van der Waals surface area contributed by atoms with Crippen molar-refractivity contribution in [2.24, 2.45) is 0 Å². The number of hydrogen-bond acceptors (Lipinski definition) is 6. The smallest absolute Gasteiger partial charge is 0.161 e. The Labute approximate surface area is 229 Å². The topological polar surface area (TPSA) is 55.4 Å². The summed E-state index contributed by atoms with van der Waals surface area (Å²) in [5, 5.41) is 0. The number of fused-ring (bicyclic) bond motifs is 2. The molecule has 0 saturated carbocycles. The molecule has 38 heavy (non-hydrogen) atoms. The quantitative estimate of drug-likeness (QED) is 0.212. The first-order valence-electron chi connectivity index (χ1n) is 14.3. The van der Waals surface area contributed by atoms with Gasteiger partial charge in [0.1, 0.15) is 32.0 Å². The van der Waals surface area contributed by atoms with Crippen molar-refractivity contribution in [1.82, 2.24) is 0 Å². The van der Waals surface area contributed by atoms with E-state index in [1.165, 1.54) is 38.5 Å². The van der Waals surface area contributed by atoms with Crippen molar-refractivity contribution in [2.75, 3.05) is 46.2 Å².